The molecule has 2 nitrogen and oxygen atoms in total. The van der Waals surface area contributed by atoms with Crippen LogP contribution in [0.4, 0.5) is 0 Å². The molecule has 1 aliphatic rings. The van der Waals surface area contributed by atoms with Gasteiger partial charge in [-0.3, -0.25) is 0 Å². The Morgan fingerprint density at radius 2 is 2.20 bits per heavy atom. The Morgan fingerprint density at radius 1 is 1.40 bits per heavy atom. The molecule has 0 aromatic rings. The van der Waals surface area contributed by atoms with Crippen LogP contribution >= 0.6 is 0 Å². The van der Waals surface area contributed by atoms with E-state index in [-0.39, 0.29) is 0 Å². The van der Waals surface area contributed by atoms with Gasteiger partial charge in [-0.25, -0.2) is 0 Å². The Labute approximate surface area is 94.0 Å². The number of Topliss-reactive ketones (excluding diaryl/α,β-unsaturated/α-hetero) is 1. The van der Waals surface area contributed by atoms with Gasteiger partial charge in [-0.15, -0.1) is 0 Å². The third-order valence-corrected chi connectivity index (χ3v) is 3.43. The molecule has 0 radical (unpaired) electrons. The molecule has 1 atom stereocenters. The number of piperidine rings is 1. The molecule has 88 valence electrons. The summed E-state index contributed by atoms with van der Waals surface area (Å²) >= 11 is 0. The van der Waals surface area contributed by atoms with E-state index in [0.29, 0.717) is 5.78 Å². The van der Waals surface area contributed by atoms with Crippen molar-refractivity contribution in [2.75, 3.05) is 19.6 Å². The molecule has 0 saturated carbocycles. The van der Waals surface area contributed by atoms with Gasteiger partial charge in [-0.2, -0.15) is 0 Å². The topological polar surface area (TPSA) is 20.3 Å². The summed E-state index contributed by atoms with van der Waals surface area (Å²) in [6.45, 7) is 7.74. The first-order valence-electron chi connectivity index (χ1n) is 6.44. The summed E-state index contributed by atoms with van der Waals surface area (Å²) in [7, 11) is 0. The van der Waals surface area contributed by atoms with E-state index >= 15 is 0 Å². The molecule has 1 aliphatic heterocycles. The lowest BCUT2D eigenvalue weighted by Crippen LogP contribution is -2.35. The normalized spacial score (nSPS) is 22.9. The van der Waals surface area contributed by atoms with Crippen molar-refractivity contribution < 1.29 is 4.79 Å². The van der Waals surface area contributed by atoms with Crippen molar-refractivity contribution in [2.45, 2.75) is 52.4 Å². The molecule has 0 N–H and O–H groups in total. The van der Waals surface area contributed by atoms with E-state index in [1.54, 1.807) is 6.92 Å². The van der Waals surface area contributed by atoms with Crippen molar-refractivity contribution in [3.8, 4) is 0 Å². The molecule has 1 unspecified atom stereocenters. The predicted octanol–water partition coefficient (Wildman–Crippen LogP) is 2.87. The number of unbranched alkanes of at least 4 members (excludes halogenated alkanes) is 1. The molecule has 0 aromatic heterocycles. The number of likely N-dealkylation sites (tertiary alicyclic amines) is 1. The molecule has 0 bridgehead atoms. The van der Waals surface area contributed by atoms with Crippen LogP contribution in [0.3, 0.4) is 0 Å². The van der Waals surface area contributed by atoms with Crippen LogP contribution in [0.25, 0.3) is 0 Å². The van der Waals surface area contributed by atoms with Crippen LogP contribution < -0.4 is 0 Å². The number of ketones is 1. The van der Waals surface area contributed by atoms with Gasteiger partial charge in [-0.1, -0.05) is 13.3 Å². The lowest BCUT2D eigenvalue weighted by Gasteiger charge is -2.32. The third kappa shape index (κ3) is 5.31. The van der Waals surface area contributed by atoms with Crippen molar-refractivity contribution in [1.29, 1.82) is 0 Å². The minimum atomic E-state index is 0.333. The van der Waals surface area contributed by atoms with Gasteiger partial charge in [-0.05, 0) is 51.6 Å². The van der Waals surface area contributed by atoms with Gasteiger partial charge in [0.1, 0.15) is 5.78 Å². The van der Waals surface area contributed by atoms with Gasteiger partial charge in [0, 0.05) is 13.0 Å². The zero-order chi connectivity index (χ0) is 11.1. The third-order valence-electron chi connectivity index (χ3n) is 3.43. The summed E-state index contributed by atoms with van der Waals surface area (Å²) in [4.78, 5) is 13.4. The van der Waals surface area contributed by atoms with Gasteiger partial charge in [0.15, 0.2) is 0 Å². The summed E-state index contributed by atoms with van der Waals surface area (Å²) in [5.41, 5.74) is 0. The maximum absolute atomic E-state index is 10.8. The van der Waals surface area contributed by atoms with Crippen LogP contribution in [-0.2, 0) is 4.79 Å². The van der Waals surface area contributed by atoms with Gasteiger partial charge >= 0.3 is 0 Å². The first-order chi connectivity index (χ1) is 7.22. The summed E-state index contributed by atoms with van der Waals surface area (Å²) in [5, 5.41) is 0. The number of hydrogen-bond donors (Lipinski definition) is 0. The van der Waals surface area contributed by atoms with Crippen LogP contribution in [-0.4, -0.2) is 30.3 Å². The number of hydrogen-bond acceptors (Lipinski definition) is 2. The average Bonchev–Trinajstić information content (AvgIpc) is 2.24. The molecule has 1 heterocycles. The molecule has 1 rings (SSSR count). The Kier molecular flexibility index (Phi) is 5.92. The largest absolute Gasteiger partial charge is 0.303 e. The Hall–Kier alpha value is -0.370. The minimum Gasteiger partial charge on any atom is -0.303 e. The van der Waals surface area contributed by atoms with Crippen LogP contribution in [0.1, 0.15) is 52.4 Å². The van der Waals surface area contributed by atoms with E-state index in [0.717, 1.165) is 18.8 Å². The lowest BCUT2D eigenvalue weighted by atomic mass is 9.95. The summed E-state index contributed by atoms with van der Waals surface area (Å²) in [5.74, 6) is 1.26. The standard InChI is InChI=1S/C13H25NO/c1-3-13-8-6-10-14(11-13)9-5-4-7-12(2)15/h13H,3-11H2,1-2H3. The summed E-state index contributed by atoms with van der Waals surface area (Å²) < 4.78 is 0. The van der Waals surface area contributed by atoms with Crippen molar-refractivity contribution in [1.82, 2.24) is 4.90 Å². The number of rotatable bonds is 6. The number of nitrogens with zero attached hydrogens (tertiary/aromatic N) is 1. The zero-order valence-corrected chi connectivity index (χ0v) is 10.3. The molecular formula is C13H25NO. The zero-order valence-electron chi connectivity index (χ0n) is 10.3. The van der Waals surface area contributed by atoms with E-state index in [4.69, 9.17) is 0 Å². The maximum atomic E-state index is 10.8. The predicted molar refractivity (Wildman–Crippen MR) is 64.0 cm³/mol. The van der Waals surface area contributed by atoms with E-state index in [1.807, 2.05) is 0 Å². The van der Waals surface area contributed by atoms with Crippen molar-refractivity contribution in [3.05, 3.63) is 0 Å². The van der Waals surface area contributed by atoms with E-state index in [1.165, 1.54) is 45.3 Å². The van der Waals surface area contributed by atoms with E-state index in [2.05, 4.69) is 11.8 Å². The molecule has 0 spiro atoms. The first-order valence-corrected chi connectivity index (χ1v) is 6.44. The van der Waals surface area contributed by atoms with Gasteiger partial charge in [0.2, 0.25) is 0 Å². The quantitative estimate of drug-likeness (QED) is 0.630. The highest BCUT2D eigenvalue weighted by Gasteiger charge is 2.17. The highest BCUT2D eigenvalue weighted by molar-refractivity contribution is 5.75. The van der Waals surface area contributed by atoms with Crippen LogP contribution in [0, 0.1) is 5.92 Å². The van der Waals surface area contributed by atoms with Crippen LogP contribution in [0.15, 0.2) is 0 Å². The molecule has 1 fully saturated rings. The van der Waals surface area contributed by atoms with Gasteiger partial charge in [0.25, 0.3) is 0 Å². The second-order valence-corrected chi connectivity index (χ2v) is 4.88. The van der Waals surface area contributed by atoms with Gasteiger partial charge < -0.3 is 9.69 Å². The molecule has 2 heteroatoms. The van der Waals surface area contributed by atoms with E-state index < -0.39 is 0 Å². The van der Waals surface area contributed by atoms with Crippen LogP contribution in [0.5, 0.6) is 0 Å². The number of carbonyl (C=O) groups is 1. The molecule has 0 aromatic carbocycles. The summed E-state index contributed by atoms with van der Waals surface area (Å²) in [6.07, 6.45) is 7.14. The lowest BCUT2D eigenvalue weighted by molar-refractivity contribution is -0.117. The fraction of sp³-hybridized carbons (Fsp3) is 0.923. The fourth-order valence-corrected chi connectivity index (χ4v) is 2.40. The fourth-order valence-electron chi connectivity index (χ4n) is 2.40. The summed E-state index contributed by atoms with van der Waals surface area (Å²) in [6, 6.07) is 0. The highest BCUT2D eigenvalue weighted by Crippen LogP contribution is 2.19. The molecule has 0 amide bonds. The monoisotopic (exact) mass is 211 g/mol. The Bertz CT molecular complexity index is 191. The Morgan fingerprint density at radius 3 is 2.87 bits per heavy atom. The number of carbonyl (C=O) groups excluding carboxylic acids is 1. The maximum Gasteiger partial charge on any atom is 0.129 e. The molecule has 0 aliphatic carbocycles. The molecular weight excluding hydrogens is 186 g/mol. The minimum absolute atomic E-state index is 0.333. The second kappa shape index (κ2) is 7.00. The van der Waals surface area contributed by atoms with Gasteiger partial charge in [0.05, 0.1) is 0 Å². The molecule has 15 heavy (non-hydrogen) atoms. The average molecular weight is 211 g/mol. The first kappa shape index (κ1) is 12.7. The Balaban J connectivity index is 2.07. The van der Waals surface area contributed by atoms with Crippen molar-refractivity contribution in [2.24, 2.45) is 5.92 Å². The van der Waals surface area contributed by atoms with E-state index in [9.17, 15) is 4.79 Å². The smallest absolute Gasteiger partial charge is 0.129 e. The highest BCUT2D eigenvalue weighted by atomic mass is 16.1. The van der Waals surface area contributed by atoms with Crippen molar-refractivity contribution >= 4 is 5.78 Å². The van der Waals surface area contributed by atoms with Crippen molar-refractivity contribution in [3.63, 3.8) is 0 Å². The SMILES string of the molecule is CCC1CCCN(CCCCC(C)=O)C1. The molecule has 1 saturated heterocycles. The van der Waals surface area contributed by atoms with Crippen LogP contribution in [0.2, 0.25) is 0 Å². The second-order valence-electron chi connectivity index (χ2n) is 4.88.